The van der Waals surface area contributed by atoms with Crippen LogP contribution >= 0.6 is 12.2 Å². The summed E-state index contributed by atoms with van der Waals surface area (Å²) in [5, 5.41) is 5.76. The highest BCUT2D eigenvalue weighted by Crippen LogP contribution is 2.18. The first-order chi connectivity index (χ1) is 8.02. The van der Waals surface area contributed by atoms with Crippen molar-refractivity contribution in [3.8, 4) is 0 Å². The molecule has 0 unspecified atom stereocenters. The maximum absolute atomic E-state index is 11.5. The Balaban J connectivity index is 2.39. The van der Waals surface area contributed by atoms with E-state index in [1.807, 2.05) is 13.0 Å². The standard InChI is InChI=1S/C12H15N3OS/c1-4-15-7(2)5-9(8(15)3)6-10-11(16)14-12(17)13-10/h5-6H,4H2,1-3H3,(H2,13,14,16,17)/b10-6+. The number of amides is 1. The van der Waals surface area contributed by atoms with Crippen LogP contribution < -0.4 is 10.6 Å². The Morgan fingerprint density at radius 2 is 2.12 bits per heavy atom. The number of hydrogen-bond acceptors (Lipinski definition) is 2. The molecule has 0 spiro atoms. The van der Waals surface area contributed by atoms with E-state index in [4.69, 9.17) is 12.2 Å². The third-order valence-electron chi connectivity index (χ3n) is 2.95. The van der Waals surface area contributed by atoms with Gasteiger partial charge in [0, 0.05) is 17.9 Å². The van der Waals surface area contributed by atoms with Crippen molar-refractivity contribution in [1.82, 2.24) is 15.2 Å². The summed E-state index contributed by atoms with van der Waals surface area (Å²) in [6.45, 7) is 7.14. The van der Waals surface area contributed by atoms with Crippen LogP contribution in [0.1, 0.15) is 23.9 Å². The SMILES string of the molecule is CCn1c(C)cc(/C=C2/NC(=S)NC2=O)c1C. The molecule has 5 heteroatoms. The summed E-state index contributed by atoms with van der Waals surface area (Å²) < 4.78 is 2.21. The summed E-state index contributed by atoms with van der Waals surface area (Å²) in [5.41, 5.74) is 3.90. The van der Waals surface area contributed by atoms with Crippen molar-refractivity contribution in [3.05, 3.63) is 28.7 Å². The van der Waals surface area contributed by atoms with E-state index < -0.39 is 0 Å². The quantitative estimate of drug-likeness (QED) is 0.616. The molecule has 0 aromatic carbocycles. The van der Waals surface area contributed by atoms with Gasteiger partial charge in [-0.3, -0.25) is 10.1 Å². The van der Waals surface area contributed by atoms with Crippen LogP contribution in [0.3, 0.4) is 0 Å². The van der Waals surface area contributed by atoms with Gasteiger partial charge in [-0.05, 0) is 50.7 Å². The second kappa shape index (κ2) is 4.33. The third-order valence-corrected chi connectivity index (χ3v) is 3.15. The second-order valence-corrected chi connectivity index (χ2v) is 4.45. The molecule has 2 rings (SSSR count). The second-order valence-electron chi connectivity index (χ2n) is 4.04. The predicted molar refractivity (Wildman–Crippen MR) is 71.4 cm³/mol. The minimum atomic E-state index is -0.170. The smallest absolute Gasteiger partial charge is 0.273 e. The summed E-state index contributed by atoms with van der Waals surface area (Å²) in [5.74, 6) is -0.170. The molecule has 0 aliphatic carbocycles. The van der Waals surface area contributed by atoms with E-state index in [0.717, 1.165) is 17.8 Å². The fourth-order valence-electron chi connectivity index (χ4n) is 2.10. The number of hydrogen-bond donors (Lipinski definition) is 2. The van der Waals surface area contributed by atoms with Gasteiger partial charge in [0.1, 0.15) is 5.70 Å². The molecule has 90 valence electrons. The van der Waals surface area contributed by atoms with Crippen LogP contribution in [0.4, 0.5) is 0 Å². The number of nitrogens with one attached hydrogen (secondary N) is 2. The number of aryl methyl sites for hydroxylation is 1. The van der Waals surface area contributed by atoms with Crippen molar-refractivity contribution in [2.24, 2.45) is 0 Å². The van der Waals surface area contributed by atoms with Crippen LogP contribution in [0.15, 0.2) is 11.8 Å². The van der Waals surface area contributed by atoms with Gasteiger partial charge in [-0.15, -0.1) is 0 Å². The van der Waals surface area contributed by atoms with E-state index in [9.17, 15) is 4.79 Å². The van der Waals surface area contributed by atoms with E-state index in [1.54, 1.807) is 0 Å². The van der Waals surface area contributed by atoms with Crippen LogP contribution in [-0.2, 0) is 11.3 Å². The van der Waals surface area contributed by atoms with Crippen molar-refractivity contribution in [1.29, 1.82) is 0 Å². The van der Waals surface area contributed by atoms with Gasteiger partial charge in [0.15, 0.2) is 5.11 Å². The first-order valence-electron chi connectivity index (χ1n) is 5.53. The average molecular weight is 249 g/mol. The molecular weight excluding hydrogens is 234 g/mol. The van der Waals surface area contributed by atoms with Crippen molar-refractivity contribution in [3.63, 3.8) is 0 Å². The Labute approximate surface area is 106 Å². The molecule has 1 aromatic heterocycles. The summed E-state index contributed by atoms with van der Waals surface area (Å²) >= 11 is 4.89. The Morgan fingerprint density at radius 1 is 1.41 bits per heavy atom. The van der Waals surface area contributed by atoms with Crippen molar-refractivity contribution >= 4 is 29.3 Å². The van der Waals surface area contributed by atoms with Gasteiger partial charge >= 0.3 is 0 Å². The molecule has 4 nitrogen and oxygen atoms in total. The van der Waals surface area contributed by atoms with Crippen LogP contribution in [0.2, 0.25) is 0 Å². The lowest BCUT2D eigenvalue weighted by Crippen LogP contribution is -2.21. The summed E-state index contributed by atoms with van der Waals surface area (Å²) in [7, 11) is 0. The Hall–Kier alpha value is -1.62. The predicted octanol–water partition coefficient (Wildman–Crippen LogP) is 1.47. The van der Waals surface area contributed by atoms with E-state index in [1.165, 1.54) is 5.69 Å². The molecule has 1 fully saturated rings. The third kappa shape index (κ3) is 2.10. The van der Waals surface area contributed by atoms with Gasteiger partial charge in [-0.1, -0.05) is 0 Å². The topological polar surface area (TPSA) is 46.1 Å². The van der Waals surface area contributed by atoms with E-state index in [2.05, 4.69) is 35.1 Å². The first-order valence-corrected chi connectivity index (χ1v) is 5.94. The minimum Gasteiger partial charge on any atom is -0.349 e. The highest BCUT2D eigenvalue weighted by molar-refractivity contribution is 7.80. The summed E-state index contributed by atoms with van der Waals surface area (Å²) in [4.78, 5) is 11.5. The van der Waals surface area contributed by atoms with Gasteiger partial charge in [0.25, 0.3) is 5.91 Å². The lowest BCUT2D eigenvalue weighted by atomic mass is 10.2. The van der Waals surface area contributed by atoms with Gasteiger partial charge in [-0.25, -0.2) is 0 Å². The fourth-order valence-corrected chi connectivity index (χ4v) is 2.30. The van der Waals surface area contributed by atoms with E-state index in [0.29, 0.717) is 10.8 Å². The monoisotopic (exact) mass is 249 g/mol. The maximum Gasteiger partial charge on any atom is 0.273 e. The van der Waals surface area contributed by atoms with E-state index >= 15 is 0 Å². The molecule has 2 heterocycles. The van der Waals surface area contributed by atoms with Gasteiger partial charge in [-0.2, -0.15) is 0 Å². The van der Waals surface area contributed by atoms with Crippen LogP contribution in [0.25, 0.3) is 6.08 Å². The fraction of sp³-hybridized carbons (Fsp3) is 0.333. The van der Waals surface area contributed by atoms with E-state index in [-0.39, 0.29) is 5.91 Å². The molecule has 1 saturated heterocycles. The number of carbonyl (C=O) groups excluding carboxylic acids is 1. The van der Waals surface area contributed by atoms with Crippen LogP contribution in [0.5, 0.6) is 0 Å². The molecule has 1 aliphatic heterocycles. The van der Waals surface area contributed by atoms with Gasteiger partial charge in [0.2, 0.25) is 0 Å². The zero-order valence-corrected chi connectivity index (χ0v) is 10.9. The zero-order valence-electron chi connectivity index (χ0n) is 10.1. The molecule has 17 heavy (non-hydrogen) atoms. The van der Waals surface area contributed by atoms with Crippen molar-refractivity contribution in [2.45, 2.75) is 27.3 Å². The average Bonchev–Trinajstić information content (AvgIpc) is 2.69. The Kier molecular flexibility index (Phi) is 3.02. The lowest BCUT2D eigenvalue weighted by Gasteiger charge is -2.04. The van der Waals surface area contributed by atoms with Crippen molar-refractivity contribution < 1.29 is 4.79 Å². The molecule has 1 amide bonds. The number of nitrogens with zero attached hydrogens (tertiary/aromatic N) is 1. The maximum atomic E-state index is 11.5. The normalized spacial score (nSPS) is 17.5. The molecular formula is C12H15N3OS. The highest BCUT2D eigenvalue weighted by atomic mass is 32.1. The first kappa shape index (κ1) is 11.9. The molecule has 0 bridgehead atoms. The molecule has 0 saturated carbocycles. The van der Waals surface area contributed by atoms with Gasteiger partial charge in [0.05, 0.1) is 0 Å². The number of rotatable bonds is 2. The summed E-state index contributed by atoms with van der Waals surface area (Å²) in [6.07, 6.45) is 1.84. The molecule has 1 aromatic rings. The largest absolute Gasteiger partial charge is 0.349 e. The Bertz CT molecular complexity index is 528. The molecule has 0 radical (unpaired) electrons. The zero-order chi connectivity index (χ0) is 12.6. The number of aromatic nitrogens is 1. The van der Waals surface area contributed by atoms with Crippen LogP contribution in [0, 0.1) is 13.8 Å². The van der Waals surface area contributed by atoms with Crippen molar-refractivity contribution in [2.75, 3.05) is 0 Å². The number of thiocarbonyl (C=S) groups is 1. The molecule has 0 atom stereocenters. The minimum absolute atomic E-state index is 0.170. The summed E-state index contributed by atoms with van der Waals surface area (Å²) in [6, 6.07) is 2.07. The van der Waals surface area contributed by atoms with Crippen LogP contribution in [-0.4, -0.2) is 15.6 Å². The number of carbonyl (C=O) groups is 1. The highest BCUT2D eigenvalue weighted by Gasteiger charge is 2.20. The lowest BCUT2D eigenvalue weighted by molar-refractivity contribution is -0.115. The van der Waals surface area contributed by atoms with Gasteiger partial charge < -0.3 is 9.88 Å². The molecule has 1 aliphatic rings. The Morgan fingerprint density at radius 3 is 2.59 bits per heavy atom. The molecule has 2 N–H and O–H groups in total.